The molecule has 0 rings (SSSR count). The lowest BCUT2D eigenvalue weighted by molar-refractivity contribution is -0.149. The summed E-state index contributed by atoms with van der Waals surface area (Å²) in [6.45, 7) is -2.25. The summed E-state index contributed by atoms with van der Waals surface area (Å²) in [5, 5.41) is 0. The highest BCUT2D eigenvalue weighted by molar-refractivity contribution is 7.81. The van der Waals surface area contributed by atoms with E-state index in [1.165, 1.54) is 0 Å². The van der Waals surface area contributed by atoms with E-state index >= 15 is 0 Å². The Kier molecular flexibility index (Phi) is 4.31. The monoisotopic (exact) mass is 248 g/mol. The quantitative estimate of drug-likeness (QED) is 0.712. The van der Waals surface area contributed by atoms with Crippen LogP contribution in [0.3, 0.4) is 0 Å². The van der Waals surface area contributed by atoms with Gasteiger partial charge in [-0.3, -0.25) is 4.18 Å². The second kappa shape index (κ2) is 4.43. The van der Waals surface area contributed by atoms with Crippen molar-refractivity contribution in [3.63, 3.8) is 0 Å². The van der Waals surface area contributed by atoms with Gasteiger partial charge < -0.3 is 0 Å². The molecule has 86 valence electrons. The summed E-state index contributed by atoms with van der Waals surface area (Å²) in [5.74, 6) is -4.75. The van der Waals surface area contributed by atoms with Gasteiger partial charge in [0.15, 0.2) is 0 Å². The molecule has 0 spiro atoms. The number of hydrogen-bond donors (Lipinski definition) is 0. The summed E-state index contributed by atoms with van der Waals surface area (Å²) < 4.78 is 93.6. The zero-order valence-corrected chi connectivity index (χ0v) is 6.97. The summed E-state index contributed by atoms with van der Waals surface area (Å²) >= 11 is -4.01. The lowest BCUT2D eigenvalue weighted by Gasteiger charge is -2.14. The van der Waals surface area contributed by atoms with Gasteiger partial charge in [-0.15, -0.1) is 0 Å². The van der Waals surface area contributed by atoms with Crippen LogP contribution in [0.2, 0.25) is 0 Å². The molecule has 0 radical (unpaired) electrons. The predicted molar refractivity (Wildman–Crippen MR) is 31.1 cm³/mol. The first-order valence-corrected chi connectivity index (χ1v) is 3.92. The van der Waals surface area contributed by atoms with Crippen molar-refractivity contribution in [1.29, 1.82) is 0 Å². The first-order chi connectivity index (χ1) is 6.07. The summed E-state index contributed by atoms with van der Waals surface area (Å²) in [6.07, 6.45) is -4.17. The number of hydrogen-bond acceptors (Lipinski definition) is 2. The number of rotatable bonds is 4. The molecule has 0 N–H and O–H groups in total. The fourth-order valence-electron chi connectivity index (χ4n) is 0.262. The Balaban J connectivity index is 4.14. The second-order valence-electron chi connectivity index (χ2n) is 2.00. The van der Waals surface area contributed by atoms with Crippen LogP contribution in [0.25, 0.3) is 0 Å². The molecule has 0 saturated carbocycles. The smallest absolute Gasteiger partial charge is 0.277 e. The van der Waals surface area contributed by atoms with Crippen LogP contribution in [0, 0.1) is 0 Å². The third kappa shape index (κ3) is 4.22. The van der Waals surface area contributed by atoms with Crippen LogP contribution in [0.5, 0.6) is 0 Å². The third-order valence-corrected chi connectivity index (χ3v) is 1.58. The van der Waals surface area contributed by atoms with E-state index < -0.39 is 35.5 Å². The van der Waals surface area contributed by atoms with E-state index in [-0.39, 0.29) is 0 Å². The van der Waals surface area contributed by atoms with Gasteiger partial charge >= 0.3 is 17.9 Å². The Morgan fingerprint density at radius 2 is 1.57 bits per heavy atom. The Bertz CT molecular complexity index is 212. The van der Waals surface area contributed by atoms with Crippen molar-refractivity contribution in [2.45, 2.75) is 17.9 Å². The maximum absolute atomic E-state index is 11.9. The molecular weight excluding hydrogens is 245 g/mol. The van der Waals surface area contributed by atoms with Gasteiger partial charge in [0.2, 0.25) is 0 Å². The maximum atomic E-state index is 11.9. The molecule has 0 aliphatic heterocycles. The molecule has 0 aliphatic carbocycles. The molecule has 14 heavy (non-hydrogen) atoms. The second-order valence-corrected chi connectivity index (χ2v) is 3.17. The van der Waals surface area contributed by atoms with Crippen molar-refractivity contribution in [1.82, 2.24) is 0 Å². The van der Waals surface area contributed by atoms with E-state index in [0.717, 1.165) is 0 Å². The molecule has 0 heterocycles. The van der Waals surface area contributed by atoms with Gasteiger partial charge in [0.25, 0.3) is 11.1 Å². The Hall–Kier alpha value is -0.380. The summed E-state index contributed by atoms with van der Waals surface area (Å²) in [7, 11) is 0. The van der Waals surface area contributed by atoms with Gasteiger partial charge in [-0.1, -0.05) is 0 Å². The van der Waals surface area contributed by atoms with Crippen molar-refractivity contribution in [3.8, 4) is 0 Å². The first kappa shape index (κ1) is 13.6. The first-order valence-electron chi connectivity index (χ1n) is 2.85. The lowest BCUT2D eigenvalue weighted by Crippen LogP contribution is -2.34. The van der Waals surface area contributed by atoms with Crippen LogP contribution in [0.4, 0.5) is 30.7 Å². The maximum Gasteiger partial charge on any atom is 0.497 e. The molecule has 0 aliphatic rings. The van der Waals surface area contributed by atoms with E-state index in [4.69, 9.17) is 0 Å². The highest BCUT2D eigenvalue weighted by atomic mass is 32.2. The molecule has 0 aromatic carbocycles. The third-order valence-electron chi connectivity index (χ3n) is 0.867. The van der Waals surface area contributed by atoms with Crippen molar-refractivity contribution in [2.24, 2.45) is 0 Å². The van der Waals surface area contributed by atoms with Gasteiger partial charge in [0.05, 0.1) is 0 Å². The van der Waals surface area contributed by atoms with Crippen LogP contribution in [-0.4, -0.2) is 28.7 Å². The Morgan fingerprint density at radius 3 is 1.86 bits per heavy atom. The fourth-order valence-corrected chi connectivity index (χ4v) is 0.660. The van der Waals surface area contributed by atoms with Gasteiger partial charge in [0, 0.05) is 0 Å². The van der Waals surface area contributed by atoms with Crippen LogP contribution < -0.4 is 0 Å². The highest BCUT2D eigenvalue weighted by Crippen LogP contribution is 2.26. The summed E-state index contributed by atoms with van der Waals surface area (Å²) in [4.78, 5) is 0. The molecule has 1 atom stereocenters. The standard InChI is InChI=1S/C4H3F7O2S/c5-2(6)3(7,8)1-13-14(12)4(9,10)11/h2H,1H2. The van der Waals surface area contributed by atoms with Crippen molar-refractivity contribution < 1.29 is 39.1 Å². The molecule has 0 saturated heterocycles. The summed E-state index contributed by atoms with van der Waals surface area (Å²) in [6, 6.07) is 0. The van der Waals surface area contributed by atoms with Gasteiger partial charge in [-0.05, 0) is 0 Å². The molecule has 2 nitrogen and oxygen atoms in total. The molecule has 0 bridgehead atoms. The Morgan fingerprint density at radius 1 is 1.14 bits per heavy atom. The van der Waals surface area contributed by atoms with E-state index in [9.17, 15) is 34.9 Å². The van der Waals surface area contributed by atoms with E-state index in [1.807, 2.05) is 0 Å². The Labute approximate surface area is 75.7 Å². The van der Waals surface area contributed by atoms with Crippen LogP contribution >= 0.6 is 0 Å². The predicted octanol–water partition coefficient (Wildman–Crippen LogP) is 2.09. The SMILES string of the molecule is O=S(OCC(F)(F)C(F)F)C(F)(F)F. The van der Waals surface area contributed by atoms with Gasteiger partial charge in [0.1, 0.15) is 6.61 Å². The highest BCUT2D eigenvalue weighted by Gasteiger charge is 2.45. The average molecular weight is 248 g/mol. The molecule has 0 aromatic rings. The van der Waals surface area contributed by atoms with Crippen LogP contribution in [0.15, 0.2) is 0 Å². The largest absolute Gasteiger partial charge is 0.497 e. The van der Waals surface area contributed by atoms with Gasteiger partial charge in [-0.2, -0.15) is 22.0 Å². The van der Waals surface area contributed by atoms with Crippen molar-refractivity contribution >= 4 is 11.1 Å². The zero-order valence-electron chi connectivity index (χ0n) is 6.15. The molecular formula is C4H3F7O2S. The van der Waals surface area contributed by atoms with E-state index in [1.54, 1.807) is 0 Å². The van der Waals surface area contributed by atoms with Crippen LogP contribution in [0.1, 0.15) is 0 Å². The minimum absolute atomic E-state index is 2.25. The molecule has 0 amide bonds. The van der Waals surface area contributed by atoms with Gasteiger partial charge in [-0.25, -0.2) is 13.0 Å². The van der Waals surface area contributed by atoms with E-state index in [0.29, 0.717) is 0 Å². The molecule has 1 unspecified atom stereocenters. The fraction of sp³-hybridized carbons (Fsp3) is 1.00. The molecule has 0 aromatic heterocycles. The minimum Gasteiger partial charge on any atom is -0.277 e. The topological polar surface area (TPSA) is 26.3 Å². The summed E-state index contributed by atoms with van der Waals surface area (Å²) in [5.41, 5.74) is -5.36. The van der Waals surface area contributed by atoms with Crippen molar-refractivity contribution in [3.05, 3.63) is 0 Å². The van der Waals surface area contributed by atoms with Crippen LogP contribution in [-0.2, 0) is 15.3 Å². The van der Waals surface area contributed by atoms with E-state index in [2.05, 4.69) is 4.18 Å². The van der Waals surface area contributed by atoms with Crippen molar-refractivity contribution in [2.75, 3.05) is 6.61 Å². The average Bonchev–Trinajstić information content (AvgIpc) is 1.98. The molecule has 0 fully saturated rings. The minimum atomic E-state index is -5.36. The number of alkyl halides is 7. The number of halogens is 7. The molecule has 10 heteroatoms. The normalized spacial score (nSPS) is 16.0. The lowest BCUT2D eigenvalue weighted by atomic mass is 10.4. The zero-order chi connectivity index (χ0) is 11.6.